The number of hydrogen-bond donors (Lipinski definition) is 1. The zero-order chi connectivity index (χ0) is 15.1. The highest BCUT2D eigenvalue weighted by atomic mass is 35.5. The van der Waals surface area contributed by atoms with Gasteiger partial charge < -0.3 is 14.7 Å². The summed E-state index contributed by atoms with van der Waals surface area (Å²) >= 11 is 5.92. The van der Waals surface area contributed by atoms with Crippen LogP contribution in [0.15, 0.2) is 24.3 Å². The Labute approximate surface area is 123 Å². The van der Waals surface area contributed by atoms with Gasteiger partial charge in [-0.15, -0.1) is 0 Å². The molecule has 0 fully saturated rings. The van der Waals surface area contributed by atoms with Crippen molar-refractivity contribution in [1.29, 1.82) is 0 Å². The summed E-state index contributed by atoms with van der Waals surface area (Å²) in [4.78, 5) is 24.1. The molecule has 1 rings (SSSR count). The van der Waals surface area contributed by atoms with Crippen LogP contribution in [-0.2, 0) is 9.59 Å². The first-order valence-electron chi connectivity index (χ1n) is 6.33. The zero-order valence-electron chi connectivity index (χ0n) is 11.5. The van der Waals surface area contributed by atoms with E-state index in [0.29, 0.717) is 17.2 Å². The van der Waals surface area contributed by atoms with E-state index in [0.717, 1.165) is 0 Å². The Bertz CT molecular complexity index is 478. The van der Waals surface area contributed by atoms with Gasteiger partial charge in [0.25, 0.3) is 0 Å². The van der Waals surface area contributed by atoms with Crippen LogP contribution in [0.3, 0.4) is 0 Å². The first-order chi connectivity index (χ1) is 9.47. The minimum atomic E-state index is -1.00. The van der Waals surface area contributed by atoms with E-state index < -0.39 is 12.0 Å². The maximum Gasteiger partial charge on any atom is 0.326 e. The lowest BCUT2D eigenvalue weighted by Gasteiger charge is -2.23. The third kappa shape index (κ3) is 4.42. The monoisotopic (exact) mass is 299 g/mol. The molecule has 20 heavy (non-hydrogen) atoms. The fourth-order valence-electron chi connectivity index (χ4n) is 1.77. The van der Waals surface area contributed by atoms with E-state index in [9.17, 15) is 9.59 Å². The van der Waals surface area contributed by atoms with Crippen molar-refractivity contribution >= 4 is 23.5 Å². The number of carbonyl (C=O) groups excluding carboxylic acids is 1. The molecular weight excluding hydrogens is 282 g/mol. The highest BCUT2D eigenvalue weighted by Crippen LogP contribution is 2.23. The maximum atomic E-state index is 11.9. The number of likely N-dealkylation sites (N-methyl/N-ethyl adjacent to an activating group) is 1. The number of ether oxygens (including phenoxy) is 1. The van der Waals surface area contributed by atoms with Crippen LogP contribution in [-0.4, -0.2) is 41.6 Å². The lowest BCUT2D eigenvalue weighted by molar-refractivity contribution is -0.149. The van der Waals surface area contributed by atoms with E-state index in [1.165, 1.54) is 11.9 Å². The van der Waals surface area contributed by atoms with Crippen molar-refractivity contribution in [1.82, 2.24) is 4.90 Å². The number of aliphatic carboxylic acids is 1. The normalized spacial score (nSPS) is 11.8. The van der Waals surface area contributed by atoms with Crippen molar-refractivity contribution in [2.24, 2.45) is 0 Å². The van der Waals surface area contributed by atoms with Crippen LogP contribution < -0.4 is 4.74 Å². The molecule has 1 amide bonds. The number of halogens is 1. The molecule has 0 spiro atoms. The molecule has 0 radical (unpaired) electrons. The smallest absolute Gasteiger partial charge is 0.326 e. The number of hydrogen-bond acceptors (Lipinski definition) is 3. The van der Waals surface area contributed by atoms with Gasteiger partial charge in [-0.05, 0) is 18.6 Å². The third-order valence-electron chi connectivity index (χ3n) is 2.94. The molecule has 1 aromatic rings. The predicted octanol–water partition coefficient (Wildman–Crippen LogP) is 2.43. The minimum Gasteiger partial charge on any atom is -0.491 e. The first kappa shape index (κ1) is 16.3. The molecule has 0 aliphatic heterocycles. The maximum absolute atomic E-state index is 11.9. The average Bonchev–Trinajstić information content (AvgIpc) is 2.41. The van der Waals surface area contributed by atoms with Crippen molar-refractivity contribution in [3.8, 4) is 5.75 Å². The Morgan fingerprint density at radius 2 is 2.05 bits per heavy atom. The van der Waals surface area contributed by atoms with Gasteiger partial charge >= 0.3 is 5.97 Å². The van der Waals surface area contributed by atoms with Crippen LogP contribution in [0.5, 0.6) is 5.75 Å². The van der Waals surface area contributed by atoms with E-state index in [-0.39, 0.29) is 18.9 Å². The number of para-hydroxylation sites is 1. The molecule has 5 nitrogen and oxygen atoms in total. The summed E-state index contributed by atoms with van der Waals surface area (Å²) in [5.41, 5.74) is 0. The number of amides is 1. The molecule has 0 saturated carbocycles. The van der Waals surface area contributed by atoms with Gasteiger partial charge in [-0.1, -0.05) is 30.7 Å². The Kier molecular flexibility index (Phi) is 6.31. The van der Waals surface area contributed by atoms with Gasteiger partial charge in [-0.3, -0.25) is 4.79 Å². The molecule has 110 valence electrons. The second-order valence-electron chi connectivity index (χ2n) is 4.30. The standard InChI is InChI=1S/C14H18ClNO4/c1-3-11(14(18)19)16(2)13(17)8-9-20-12-7-5-4-6-10(12)15/h4-7,11H,3,8-9H2,1-2H3,(H,18,19). The van der Waals surface area contributed by atoms with Crippen molar-refractivity contribution in [3.05, 3.63) is 29.3 Å². The van der Waals surface area contributed by atoms with Crippen LogP contribution in [0.1, 0.15) is 19.8 Å². The second kappa shape index (κ2) is 7.75. The molecule has 0 aromatic heterocycles. The molecule has 6 heteroatoms. The minimum absolute atomic E-state index is 0.103. The molecule has 1 atom stereocenters. The first-order valence-corrected chi connectivity index (χ1v) is 6.71. The Morgan fingerprint density at radius 3 is 2.60 bits per heavy atom. The van der Waals surface area contributed by atoms with Gasteiger partial charge in [-0.2, -0.15) is 0 Å². The summed E-state index contributed by atoms with van der Waals surface area (Å²) < 4.78 is 5.40. The molecule has 0 aliphatic carbocycles. The van der Waals surface area contributed by atoms with E-state index in [2.05, 4.69) is 0 Å². The summed E-state index contributed by atoms with van der Waals surface area (Å²) in [6.07, 6.45) is 0.467. The Morgan fingerprint density at radius 1 is 1.40 bits per heavy atom. The third-order valence-corrected chi connectivity index (χ3v) is 3.26. The van der Waals surface area contributed by atoms with Crippen LogP contribution >= 0.6 is 11.6 Å². The molecular formula is C14H18ClNO4. The fraction of sp³-hybridized carbons (Fsp3) is 0.429. The van der Waals surface area contributed by atoms with Crippen molar-refractivity contribution in [2.45, 2.75) is 25.8 Å². The highest BCUT2D eigenvalue weighted by molar-refractivity contribution is 6.32. The van der Waals surface area contributed by atoms with Crippen molar-refractivity contribution in [3.63, 3.8) is 0 Å². The zero-order valence-corrected chi connectivity index (χ0v) is 12.3. The SMILES string of the molecule is CCC(C(=O)O)N(C)C(=O)CCOc1ccccc1Cl. The van der Waals surface area contributed by atoms with Gasteiger partial charge in [0, 0.05) is 7.05 Å². The van der Waals surface area contributed by atoms with E-state index in [1.807, 2.05) is 0 Å². The van der Waals surface area contributed by atoms with Crippen molar-refractivity contribution in [2.75, 3.05) is 13.7 Å². The molecule has 0 bridgehead atoms. The molecule has 1 unspecified atom stereocenters. The molecule has 1 aromatic carbocycles. The molecule has 0 saturated heterocycles. The number of benzene rings is 1. The van der Waals surface area contributed by atoms with E-state index in [4.69, 9.17) is 21.4 Å². The number of carbonyl (C=O) groups is 2. The van der Waals surface area contributed by atoms with Crippen LogP contribution in [0, 0.1) is 0 Å². The van der Waals surface area contributed by atoms with Crippen LogP contribution in [0.2, 0.25) is 5.02 Å². The lowest BCUT2D eigenvalue weighted by atomic mass is 10.2. The predicted molar refractivity (Wildman–Crippen MR) is 76.0 cm³/mol. The lowest BCUT2D eigenvalue weighted by Crippen LogP contribution is -2.42. The number of nitrogens with zero attached hydrogens (tertiary/aromatic N) is 1. The Balaban J connectivity index is 2.47. The summed E-state index contributed by atoms with van der Waals surface area (Å²) in [6, 6.07) is 6.17. The summed E-state index contributed by atoms with van der Waals surface area (Å²) in [6.45, 7) is 1.88. The van der Waals surface area contributed by atoms with Gasteiger partial charge in [0.1, 0.15) is 11.8 Å². The van der Waals surface area contributed by atoms with Gasteiger partial charge in [-0.25, -0.2) is 4.79 Å². The van der Waals surface area contributed by atoms with Gasteiger partial charge in [0.15, 0.2) is 0 Å². The van der Waals surface area contributed by atoms with E-state index >= 15 is 0 Å². The van der Waals surface area contributed by atoms with Gasteiger partial charge in [0.05, 0.1) is 18.1 Å². The fourth-order valence-corrected chi connectivity index (χ4v) is 1.96. The highest BCUT2D eigenvalue weighted by Gasteiger charge is 2.24. The largest absolute Gasteiger partial charge is 0.491 e. The Hall–Kier alpha value is -1.75. The molecule has 0 aliphatic rings. The average molecular weight is 300 g/mol. The van der Waals surface area contributed by atoms with Gasteiger partial charge in [0.2, 0.25) is 5.91 Å². The number of rotatable bonds is 7. The summed E-state index contributed by atoms with van der Waals surface area (Å²) in [7, 11) is 1.49. The number of carboxylic acid groups (broad SMARTS) is 1. The topological polar surface area (TPSA) is 66.8 Å². The molecule has 0 heterocycles. The van der Waals surface area contributed by atoms with E-state index in [1.54, 1.807) is 31.2 Å². The number of carboxylic acids is 1. The second-order valence-corrected chi connectivity index (χ2v) is 4.70. The van der Waals surface area contributed by atoms with Crippen LogP contribution in [0.25, 0.3) is 0 Å². The summed E-state index contributed by atoms with van der Waals surface area (Å²) in [5, 5.41) is 9.47. The van der Waals surface area contributed by atoms with Crippen molar-refractivity contribution < 1.29 is 19.4 Å². The quantitative estimate of drug-likeness (QED) is 0.839. The molecule has 1 N–H and O–H groups in total. The summed E-state index contributed by atoms with van der Waals surface area (Å²) in [5.74, 6) is -0.767. The van der Waals surface area contributed by atoms with Crippen LogP contribution in [0.4, 0.5) is 0 Å².